The molecule has 0 radical (unpaired) electrons. The lowest BCUT2D eigenvalue weighted by molar-refractivity contribution is -0.121. The molecule has 6 nitrogen and oxygen atoms in total. The van der Waals surface area contributed by atoms with E-state index < -0.39 is 0 Å². The molecule has 2 amide bonds. The molecule has 2 rings (SSSR count). The van der Waals surface area contributed by atoms with Crippen molar-refractivity contribution in [3.05, 3.63) is 15.0 Å². The molecule has 0 unspecified atom stereocenters. The molecule has 0 saturated heterocycles. The van der Waals surface area contributed by atoms with E-state index >= 15 is 0 Å². The second-order valence-electron chi connectivity index (χ2n) is 4.78. The predicted molar refractivity (Wildman–Crippen MR) is 82.6 cm³/mol. The number of hydrazone groups is 1. The summed E-state index contributed by atoms with van der Waals surface area (Å²) in [6, 6.07) is 0. The van der Waals surface area contributed by atoms with Crippen LogP contribution in [0.15, 0.2) is 5.10 Å². The number of nitrogens with zero attached hydrogens (tertiary/aromatic N) is 2. The van der Waals surface area contributed by atoms with Gasteiger partial charge in [-0.3, -0.25) is 9.59 Å². The van der Waals surface area contributed by atoms with Crippen molar-refractivity contribution in [2.45, 2.75) is 39.0 Å². The number of halogens is 1. The molecule has 0 spiro atoms. The second kappa shape index (κ2) is 7.51. The molecular weight excluding hydrogens is 312 g/mol. The van der Waals surface area contributed by atoms with Gasteiger partial charge in [0.25, 0.3) is 0 Å². The number of thiazole rings is 1. The molecule has 1 aliphatic heterocycles. The fraction of sp³-hybridized carbons (Fsp3) is 0.538. The molecule has 0 bridgehead atoms. The Morgan fingerprint density at radius 1 is 1.43 bits per heavy atom. The Bertz CT molecular complexity index is 551. The van der Waals surface area contributed by atoms with Crippen LogP contribution >= 0.6 is 22.9 Å². The number of amides is 2. The van der Waals surface area contributed by atoms with Gasteiger partial charge in [-0.05, 0) is 19.8 Å². The van der Waals surface area contributed by atoms with Crippen molar-refractivity contribution < 1.29 is 9.59 Å². The Morgan fingerprint density at radius 2 is 2.24 bits per heavy atom. The topological polar surface area (TPSA) is 83.4 Å². The van der Waals surface area contributed by atoms with Crippen LogP contribution in [0.2, 0.25) is 4.34 Å². The van der Waals surface area contributed by atoms with Crippen LogP contribution in [0, 0.1) is 6.92 Å². The number of carbonyl (C=O) groups is 2. The summed E-state index contributed by atoms with van der Waals surface area (Å²) in [5.74, 6) is -0.0884. The van der Waals surface area contributed by atoms with Crippen LogP contribution in [0.3, 0.4) is 0 Å². The lowest BCUT2D eigenvalue weighted by Crippen LogP contribution is -2.28. The zero-order valence-electron chi connectivity index (χ0n) is 11.7. The standard InChI is InChI=1S/C13H17ClN4O2S/c1-8-13(14)21-12(16-8)6-7-15-10(19)4-2-9-3-5-11(20)18-17-9/h2-7H2,1H3,(H,15,19)(H,18,20). The van der Waals surface area contributed by atoms with E-state index in [2.05, 4.69) is 20.8 Å². The van der Waals surface area contributed by atoms with Crippen molar-refractivity contribution in [3.63, 3.8) is 0 Å². The zero-order valence-corrected chi connectivity index (χ0v) is 13.3. The van der Waals surface area contributed by atoms with Crippen LogP contribution in [-0.2, 0) is 16.0 Å². The summed E-state index contributed by atoms with van der Waals surface area (Å²) in [7, 11) is 0. The maximum absolute atomic E-state index is 11.7. The monoisotopic (exact) mass is 328 g/mol. The molecule has 21 heavy (non-hydrogen) atoms. The summed E-state index contributed by atoms with van der Waals surface area (Å²) in [6.45, 7) is 2.41. The van der Waals surface area contributed by atoms with Gasteiger partial charge in [0.05, 0.1) is 10.7 Å². The molecular formula is C13H17ClN4O2S. The van der Waals surface area contributed by atoms with Crippen LogP contribution in [0.5, 0.6) is 0 Å². The van der Waals surface area contributed by atoms with Crippen molar-refractivity contribution >= 4 is 40.5 Å². The van der Waals surface area contributed by atoms with Gasteiger partial charge in [0.2, 0.25) is 11.8 Å². The largest absolute Gasteiger partial charge is 0.356 e. The number of aryl methyl sites for hydroxylation is 1. The quantitative estimate of drug-likeness (QED) is 0.835. The minimum Gasteiger partial charge on any atom is -0.356 e. The molecule has 0 aliphatic carbocycles. The molecule has 2 heterocycles. The third-order valence-corrected chi connectivity index (χ3v) is 4.58. The van der Waals surface area contributed by atoms with Gasteiger partial charge in [-0.15, -0.1) is 11.3 Å². The number of hydrogen-bond acceptors (Lipinski definition) is 5. The molecule has 8 heteroatoms. The molecule has 1 aromatic rings. The lowest BCUT2D eigenvalue weighted by Gasteiger charge is -2.11. The SMILES string of the molecule is Cc1nc(CCNC(=O)CCC2=NNC(=O)CC2)sc1Cl. The maximum atomic E-state index is 11.7. The van der Waals surface area contributed by atoms with Crippen LogP contribution in [0.1, 0.15) is 36.4 Å². The minimum atomic E-state index is -0.0689. The Labute approximate surface area is 132 Å². The highest BCUT2D eigenvalue weighted by Crippen LogP contribution is 2.23. The van der Waals surface area contributed by atoms with E-state index in [-0.39, 0.29) is 11.8 Å². The molecule has 0 aromatic carbocycles. The van der Waals surface area contributed by atoms with Crippen molar-refractivity contribution in [2.75, 3.05) is 6.54 Å². The van der Waals surface area contributed by atoms with Gasteiger partial charge in [-0.2, -0.15) is 5.10 Å². The van der Waals surface area contributed by atoms with E-state index in [4.69, 9.17) is 11.6 Å². The van der Waals surface area contributed by atoms with Crippen molar-refractivity contribution in [1.82, 2.24) is 15.7 Å². The van der Waals surface area contributed by atoms with E-state index in [9.17, 15) is 9.59 Å². The smallest absolute Gasteiger partial charge is 0.240 e. The summed E-state index contributed by atoms with van der Waals surface area (Å²) in [5.41, 5.74) is 4.13. The average molecular weight is 329 g/mol. The maximum Gasteiger partial charge on any atom is 0.240 e. The lowest BCUT2D eigenvalue weighted by atomic mass is 10.1. The molecule has 1 aromatic heterocycles. The molecule has 1 aliphatic rings. The van der Waals surface area contributed by atoms with Crippen LogP contribution in [0.4, 0.5) is 0 Å². The summed E-state index contributed by atoms with van der Waals surface area (Å²) in [4.78, 5) is 27.0. The van der Waals surface area contributed by atoms with E-state index in [1.807, 2.05) is 6.92 Å². The first-order valence-electron chi connectivity index (χ1n) is 6.77. The van der Waals surface area contributed by atoms with Gasteiger partial charge in [-0.25, -0.2) is 10.4 Å². The normalized spacial score (nSPS) is 14.6. The van der Waals surface area contributed by atoms with Crippen LogP contribution < -0.4 is 10.7 Å². The third-order valence-electron chi connectivity index (χ3n) is 3.07. The first kappa shape index (κ1) is 15.9. The van der Waals surface area contributed by atoms with Gasteiger partial charge in [0, 0.05) is 31.5 Å². The summed E-state index contributed by atoms with van der Waals surface area (Å²) in [5, 5.41) is 7.72. The molecule has 0 atom stereocenters. The fourth-order valence-corrected chi connectivity index (χ4v) is 2.98. The third kappa shape index (κ3) is 5.09. The van der Waals surface area contributed by atoms with Crippen molar-refractivity contribution in [2.24, 2.45) is 5.10 Å². The second-order valence-corrected chi connectivity index (χ2v) is 6.47. The van der Waals surface area contributed by atoms with Gasteiger partial charge >= 0.3 is 0 Å². The number of nitrogens with one attached hydrogen (secondary N) is 2. The summed E-state index contributed by atoms with van der Waals surface area (Å²) >= 11 is 7.39. The highest BCUT2D eigenvalue weighted by molar-refractivity contribution is 7.16. The van der Waals surface area contributed by atoms with Gasteiger partial charge in [-0.1, -0.05) is 11.6 Å². The van der Waals surface area contributed by atoms with E-state index in [1.165, 1.54) is 11.3 Å². The van der Waals surface area contributed by atoms with Gasteiger partial charge < -0.3 is 5.32 Å². The highest BCUT2D eigenvalue weighted by Gasteiger charge is 2.13. The molecule has 114 valence electrons. The zero-order chi connectivity index (χ0) is 15.2. The Kier molecular flexibility index (Phi) is 5.69. The first-order valence-corrected chi connectivity index (χ1v) is 7.97. The Balaban J connectivity index is 1.64. The number of aromatic nitrogens is 1. The van der Waals surface area contributed by atoms with E-state index in [0.29, 0.717) is 43.0 Å². The summed E-state index contributed by atoms with van der Waals surface area (Å²) in [6.07, 6.45) is 2.72. The molecule has 0 fully saturated rings. The van der Waals surface area contributed by atoms with E-state index in [0.717, 1.165) is 16.4 Å². The van der Waals surface area contributed by atoms with E-state index in [1.54, 1.807) is 0 Å². The molecule has 2 N–H and O–H groups in total. The van der Waals surface area contributed by atoms with Gasteiger partial charge in [0.1, 0.15) is 4.34 Å². The average Bonchev–Trinajstić information content (AvgIpc) is 2.77. The Morgan fingerprint density at radius 3 is 2.86 bits per heavy atom. The number of rotatable bonds is 6. The molecule has 0 saturated carbocycles. The predicted octanol–water partition coefficient (Wildman–Crippen LogP) is 1.81. The van der Waals surface area contributed by atoms with Gasteiger partial charge in [0.15, 0.2) is 0 Å². The van der Waals surface area contributed by atoms with Crippen molar-refractivity contribution in [1.29, 1.82) is 0 Å². The number of hydrogen-bond donors (Lipinski definition) is 2. The fourth-order valence-electron chi connectivity index (χ4n) is 1.89. The highest BCUT2D eigenvalue weighted by atomic mass is 35.5. The number of carbonyl (C=O) groups excluding carboxylic acids is 2. The summed E-state index contributed by atoms with van der Waals surface area (Å²) < 4.78 is 0.702. The van der Waals surface area contributed by atoms with Crippen molar-refractivity contribution in [3.8, 4) is 0 Å². The van der Waals surface area contributed by atoms with Crippen LogP contribution in [-0.4, -0.2) is 29.1 Å². The van der Waals surface area contributed by atoms with Crippen LogP contribution in [0.25, 0.3) is 0 Å². The minimum absolute atomic E-state index is 0.0195. The Hall–Kier alpha value is -1.47. The first-order chi connectivity index (χ1) is 10.0.